The quantitative estimate of drug-likeness (QED) is 0.731. The molecule has 1 rings (SSSR count). The zero-order valence-corrected chi connectivity index (χ0v) is 7.30. The molecule has 0 saturated carbocycles. The van der Waals surface area contributed by atoms with Crippen molar-refractivity contribution < 1.29 is 8.78 Å². The summed E-state index contributed by atoms with van der Waals surface area (Å²) in [5.41, 5.74) is 11.7. The van der Waals surface area contributed by atoms with Crippen LogP contribution in [-0.4, -0.2) is 6.04 Å². The Morgan fingerprint density at radius 2 is 1.77 bits per heavy atom. The number of benzene rings is 1. The summed E-state index contributed by atoms with van der Waals surface area (Å²) in [6.07, 6.45) is 0. The molecule has 2 nitrogen and oxygen atoms in total. The van der Waals surface area contributed by atoms with Gasteiger partial charge in [-0.05, 0) is 24.6 Å². The van der Waals surface area contributed by atoms with Crippen LogP contribution in [0.5, 0.6) is 0 Å². The lowest BCUT2D eigenvalue weighted by Crippen LogP contribution is -2.31. The van der Waals surface area contributed by atoms with Crippen molar-refractivity contribution in [3.8, 4) is 0 Å². The molecule has 1 aromatic carbocycles. The minimum absolute atomic E-state index is 0.287. The Hall–Kier alpha value is -1.00. The summed E-state index contributed by atoms with van der Waals surface area (Å²) in [5.74, 6) is -1.77. The first-order chi connectivity index (χ1) is 6.02. The standard InChI is InChI=1S/C9H12F2N2/c1-5(12)9(13)6-2-3-7(10)8(11)4-6/h2-5,9H,12-13H2,1H3/t5-,9+/m0/s1. The number of rotatable bonds is 2. The van der Waals surface area contributed by atoms with E-state index < -0.39 is 17.7 Å². The van der Waals surface area contributed by atoms with Gasteiger partial charge in [0.1, 0.15) is 0 Å². The number of nitrogens with two attached hydrogens (primary N) is 2. The third-order valence-electron chi connectivity index (χ3n) is 1.90. The second-order valence-corrected chi connectivity index (χ2v) is 3.06. The summed E-state index contributed by atoms with van der Waals surface area (Å²) in [7, 11) is 0. The van der Waals surface area contributed by atoms with Crippen molar-refractivity contribution in [2.45, 2.75) is 19.0 Å². The second-order valence-electron chi connectivity index (χ2n) is 3.06. The van der Waals surface area contributed by atoms with Crippen molar-refractivity contribution in [3.63, 3.8) is 0 Å². The Morgan fingerprint density at radius 1 is 1.15 bits per heavy atom. The maximum Gasteiger partial charge on any atom is 0.159 e. The number of halogens is 2. The van der Waals surface area contributed by atoms with Crippen molar-refractivity contribution in [2.75, 3.05) is 0 Å². The maximum atomic E-state index is 12.7. The van der Waals surface area contributed by atoms with E-state index in [0.29, 0.717) is 5.56 Å². The van der Waals surface area contributed by atoms with Crippen LogP contribution in [0.3, 0.4) is 0 Å². The second kappa shape index (κ2) is 3.81. The highest BCUT2D eigenvalue weighted by atomic mass is 19.2. The minimum Gasteiger partial charge on any atom is -0.326 e. The largest absolute Gasteiger partial charge is 0.326 e. The Morgan fingerprint density at radius 3 is 2.23 bits per heavy atom. The molecular weight excluding hydrogens is 174 g/mol. The van der Waals surface area contributed by atoms with Gasteiger partial charge in [-0.25, -0.2) is 8.78 Å². The van der Waals surface area contributed by atoms with Crippen molar-refractivity contribution in [3.05, 3.63) is 35.4 Å². The summed E-state index contributed by atoms with van der Waals surface area (Å²) < 4.78 is 25.2. The van der Waals surface area contributed by atoms with E-state index in [1.54, 1.807) is 6.92 Å². The van der Waals surface area contributed by atoms with E-state index in [2.05, 4.69) is 0 Å². The van der Waals surface area contributed by atoms with Gasteiger partial charge in [0.2, 0.25) is 0 Å². The smallest absolute Gasteiger partial charge is 0.159 e. The molecule has 1 aromatic rings. The van der Waals surface area contributed by atoms with E-state index in [4.69, 9.17) is 11.5 Å². The minimum atomic E-state index is -0.895. The molecule has 4 heteroatoms. The monoisotopic (exact) mass is 186 g/mol. The van der Waals surface area contributed by atoms with Crippen molar-refractivity contribution in [2.24, 2.45) is 11.5 Å². The van der Waals surface area contributed by atoms with Crippen LogP contribution in [0.4, 0.5) is 8.78 Å². The molecule has 0 aliphatic heterocycles. The van der Waals surface area contributed by atoms with Crippen LogP contribution in [0, 0.1) is 11.6 Å². The molecule has 4 N–H and O–H groups in total. The zero-order valence-electron chi connectivity index (χ0n) is 7.30. The van der Waals surface area contributed by atoms with E-state index >= 15 is 0 Å². The van der Waals surface area contributed by atoms with Gasteiger partial charge in [-0.15, -0.1) is 0 Å². The summed E-state index contributed by atoms with van der Waals surface area (Å²) in [4.78, 5) is 0. The molecule has 0 heterocycles. The van der Waals surface area contributed by atoms with E-state index in [1.165, 1.54) is 6.07 Å². The van der Waals surface area contributed by atoms with Crippen LogP contribution < -0.4 is 11.5 Å². The Bertz CT molecular complexity index is 300. The molecular formula is C9H12F2N2. The van der Waals surface area contributed by atoms with Gasteiger partial charge in [0.15, 0.2) is 11.6 Å². The molecule has 2 atom stereocenters. The van der Waals surface area contributed by atoms with Gasteiger partial charge >= 0.3 is 0 Å². The van der Waals surface area contributed by atoms with Crippen LogP contribution in [0.1, 0.15) is 18.5 Å². The predicted molar refractivity (Wildman–Crippen MR) is 46.9 cm³/mol. The zero-order chi connectivity index (χ0) is 10.0. The molecule has 0 fully saturated rings. The van der Waals surface area contributed by atoms with Gasteiger partial charge in [0, 0.05) is 12.1 Å². The molecule has 0 spiro atoms. The third-order valence-corrected chi connectivity index (χ3v) is 1.90. The topological polar surface area (TPSA) is 52.0 Å². The van der Waals surface area contributed by atoms with Crippen molar-refractivity contribution in [1.29, 1.82) is 0 Å². The van der Waals surface area contributed by atoms with Crippen LogP contribution in [0.25, 0.3) is 0 Å². The van der Waals surface area contributed by atoms with Crippen molar-refractivity contribution in [1.82, 2.24) is 0 Å². The first-order valence-corrected chi connectivity index (χ1v) is 3.98. The summed E-state index contributed by atoms with van der Waals surface area (Å²) in [6.45, 7) is 1.71. The molecule has 0 bridgehead atoms. The molecule has 0 amide bonds. The van der Waals surface area contributed by atoms with Crippen molar-refractivity contribution >= 4 is 0 Å². The Balaban J connectivity index is 2.97. The van der Waals surface area contributed by atoms with E-state index in [1.807, 2.05) is 0 Å². The Kier molecular flexibility index (Phi) is 2.95. The average molecular weight is 186 g/mol. The molecule has 0 saturated heterocycles. The van der Waals surface area contributed by atoms with Crippen LogP contribution in [-0.2, 0) is 0 Å². The van der Waals surface area contributed by atoms with E-state index in [-0.39, 0.29) is 6.04 Å². The van der Waals surface area contributed by atoms with Crippen LogP contribution in [0.15, 0.2) is 18.2 Å². The highest BCUT2D eigenvalue weighted by Crippen LogP contribution is 2.16. The fourth-order valence-electron chi connectivity index (χ4n) is 1.02. The SMILES string of the molecule is C[C@H](N)[C@@H](N)c1ccc(F)c(F)c1. The van der Waals surface area contributed by atoms with E-state index in [0.717, 1.165) is 12.1 Å². The van der Waals surface area contributed by atoms with Crippen LogP contribution >= 0.6 is 0 Å². The normalized spacial score (nSPS) is 15.5. The summed E-state index contributed by atoms with van der Waals surface area (Å²) in [5, 5.41) is 0. The predicted octanol–water partition coefficient (Wildman–Crippen LogP) is 1.31. The maximum absolute atomic E-state index is 12.7. The average Bonchev–Trinajstić information content (AvgIpc) is 2.08. The highest BCUT2D eigenvalue weighted by Gasteiger charge is 2.12. The van der Waals surface area contributed by atoms with Gasteiger partial charge in [0.05, 0.1) is 0 Å². The lowest BCUT2D eigenvalue weighted by atomic mass is 10.0. The van der Waals surface area contributed by atoms with Gasteiger partial charge in [-0.3, -0.25) is 0 Å². The Labute approximate surface area is 75.5 Å². The lowest BCUT2D eigenvalue weighted by molar-refractivity contribution is 0.501. The van der Waals surface area contributed by atoms with Crippen LogP contribution in [0.2, 0.25) is 0 Å². The molecule has 0 aliphatic rings. The van der Waals surface area contributed by atoms with Gasteiger partial charge in [0.25, 0.3) is 0 Å². The van der Waals surface area contributed by atoms with Gasteiger partial charge in [-0.1, -0.05) is 6.07 Å². The van der Waals surface area contributed by atoms with E-state index in [9.17, 15) is 8.78 Å². The number of hydrogen-bond acceptors (Lipinski definition) is 2. The van der Waals surface area contributed by atoms with Gasteiger partial charge in [-0.2, -0.15) is 0 Å². The third kappa shape index (κ3) is 2.23. The number of hydrogen-bond donors (Lipinski definition) is 2. The molecule has 0 unspecified atom stereocenters. The molecule has 13 heavy (non-hydrogen) atoms. The van der Waals surface area contributed by atoms with Gasteiger partial charge < -0.3 is 11.5 Å². The molecule has 0 aliphatic carbocycles. The molecule has 0 aromatic heterocycles. The first kappa shape index (κ1) is 10.1. The fraction of sp³-hybridized carbons (Fsp3) is 0.333. The first-order valence-electron chi connectivity index (χ1n) is 3.98. The summed E-state index contributed by atoms with van der Waals surface area (Å²) in [6, 6.07) is 2.81. The fourth-order valence-corrected chi connectivity index (χ4v) is 1.02. The summed E-state index contributed by atoms with van der Waals surface area (Å²) >= 11 is 0. The molecule has 0 radical (unpaired) electrons. The highest BCUT2D eigenvalue weighted by molar-refractivity contribution is 5.21. The molecule has 72 valence electrons. The lowest BCUT2D eigenvalue weighted by Gasteiger charge is -2.15.